The molecule has 1 aliphatic heterocycles. The number of halogens is 1. The smallest absolute Gasteiger partial charge is 0.268 e. The quantitative estimate of drug-likeness (QED) is 0.391. The van der Waals surface area contributed by atoms with Crippen LogP contribution >= 0.6 is 15.9 Å². The molecule has 0 spiro atoms. The van der Waals surface area contributed by atoms with Crippen LogP contribution in [0.5, 0.6) is 0 Å². The van der Waals surface area contributed by atoms with Gasteiger partial charge in [0.05, 0.1) is 0 Å². The topological polar surface area (TPSA) is 48.1 Å². The lowest BCUT2D eigenvalue weighted by Gasteiger charge is -2.41. The van der Waals surface area contributed by atoms with Crippen LogP contribution in [0, 0.1) is 6.92 Å². The molecule has 0 radical (unpaired) electrons. The molecule has 5 rings (SSSR count). The Labute approximate surface area is 211 Å². The number of carbonyl (C=O) groups is 1. The fourth-order valence-corrected chi connectivity index (χ4v) is 6.61. The molecule has 180 valence electrons. The molecule has 1 saturated heterocycles. The van der Waals surface area contributed by atoms with E-state index in [1.54, 1.807) is 5.56 Å². The molecule has 2 N–H and O–H groups in total. The van der Waals surface area contributed by atoms with Crippen LogP contribution in [0.15, 0.2) is 46.9 Å². The van der Waals surface area contributed by atoms with Gasteiger partial charge in [-0.25, -0.2) is 0 Å². The Morgan fingerprint density at radius 2 is 1.79 bits per heavy atom. The molecular weight excluding hydrogens is 486 g/mol. The van der Waals surface area contributed by atoms with Crippen LogP contribution in [-0.2, 0) is 6.42 Å². The van der Waals surface area contributed by atoms with E-state index in [1.165, 1.54) is 44.3 Å². The van der Waals surface area contributed by atoms with Crippen LogP contribution in [0.2, 0.25) is 0 Å². The molecule has 1 amide bonds. The SMILES string of the molecule is CCc1c(C(=O)NC2CCC(N3CCC(c4ccccc4C)CC3)CC2)[nH]c2ccc(Br)cc12. The predicted octanol–water partition coefficient (Wildman–Crippen LogP) is 6.72. The zero-order valence-corrected chi connectivity index (χ0v) is 22.0. The Morgan fingerprint density at radius 3 is 2.50 bits per heavy atom. The van der Waals surface area contributed by atoms with Gasteiger partial charge in [-0.1, -0.05) is 47.1 Å². The molecule has 34 heavy (non-hydrogen) atoms. The fraction of sp³-hybridized carbons (Fsp3) is 0.483. The van der Waals surface area contributed by atoms with Crippen molar-refractivity contribution in [2.45, 2.75) is 76.8 Å². The number of hydrogen-bond acceptors (Lipinski definition) is 2. The van der Waals surface area contributed by atoms with Crippen molar-refractivity contribution in [2.24, 2.45) is 0 Å². The molecule has 2 aliphatic rings. The summed E-state index contributed by atoms with van der Waals surface area (Å²) in [7, 11) is 0. The number of piperidine rings is 1. The van der Waals surface area contributed by atoms with E-state index >= 15 is 0 Å². The number of nitrogens with zero attached hydrogens (tertiary/aromatic N) is 1. The minimum atomic E-state index is 0.0478. The van der Waals surface area contributed by atoms with E-state index in [1.807, 2.05) is 12.1 Å². The molecular formula is C29H36BrN3O. The van der Waals surface area contributed by atoms with Crippen LogP contribution in [0.4, 0.5) is 0 Å². The molecule has 2 aromatic carbocycles. The van der Waals surface area contributed by atoms with Gasteiger partial charge in [0.2, 0.25) is 0 Å². The second kappa shape index (κ2) is 10.2. The number of aromatic nitrogens is 1. The lowest BCUT2D eigenvalue weighted by atomic mass is 9.84. The van der Waals surface area contributed by atoms with Crippen molar-refractivity contribution in [3.63, 3.8) is 0 Å². The van der Waals surface area contributed by atoms with Gasteiger partial charge in [-0.3, -0.25) is 4.79 Å². The number of benzene rings is 2. The minimum Gasteiger partial charge on any atom is -0.350 e. The molecule has 2 fully saturated rings. The van der Waals surface area contributed by atoms with Crippen LogP contribution in [0.3, 0.4) is 0 Å². The van der Waals surface area contributed by atoms with E-state index in [4.69, 9.17) is 0 Å². The van der Waals surface area contributed by atoms with Gasteiger partial charge in [0.1, 0.15) is 5.69 Å². The molecule has 1 aromatic heterocycles. The van der Waals surface area contributed by atoms with Crippen molar-refractivity contribution in [1.82, 2.24) is 15.2 Å². The third-order valence-corrected chi connectivity index (χ3v) is 8.65. The summed E-state index contributed by atoms with van der Waals surface area (Å²) >= 11 is 3.56. The normalized spacial score (nSPS) is 22.2. The first-order chi connectivity index (χ1) is 16.5. The van der Waals surface area contributed by atoms with E-state index in [2.05, 4.69) is 75.3 Å². The maximum absolute atomic E-state index is 13.2. The van der Waals surface area contributed by atoms with Crippen molar-refractivity contribution in [1.29, 1.82) is 0 Å². The molecule has 2 heterocycles. The summed E-state index contributed by atoms with van der Waals surface area (Å²) in [5.41, 5.74) is 5.86. The van der Waals surface area contributed by atoms with E-state index in [0.29, 0.717) is 12.0 Å². The lowest BCUT2D eigenvalue weighted by molar-refractivity contribution is 0.0874. The Morgan fingerprint density at radius 1 is 1.06 bits per heavy atom. The molecule has 1 aliphatic carbocycles. The molecule has 0 atom stereocenters. The molecule has 3 aromatic rings. The Kier molecular flexibility index (Phi) is 7.12. The molecule has 0 bridgehead atoms. The summed E-state index contributed by atoms with van der Waals surface area (Å²) in [6.07, 6.45) is 7.86. The number of H-pyrrole nitrogens is 1. The summed E-state index contributed by atoms with van der Waals surface area (Å²) in [6, 6.07) is 16.0. The average molecular weight is 523 g/mol. The second-order valence-corrected chi connectivity index (χ2v) is 11.1. The summed E-state index contributed by atoms with van der Waals surface area (Å²) in [5, 5.41) is 4.48. The third-order valence-electron chi connectivity index (χ3n) is 8.15. The number of nitrogens with one attached hydrogen (secondary N) is 2. The van der Waals surface area contributed by atoms with E-state index in [-0.39, 0.29) is 11.9 Å². The first kappa shape index (κ1) is 23.6. The fourth-order valence-electron chi connectivity index (χ4n) is 6.24. The van der Waals surface area contributed by atoms with Gasteiger partial charge in [0.25, 0.3) is 5.91 Å². The maximum Gasteiger partial charge on any atom is 0.268 e. The average Bonchev–Trinajstić information content (AvgIpc) is 3.23. The van der Waals surface area contributed by atoms with Gasteiger partial charge in [-0.15, -0.1) is 0 Å². The highest BCUT2D eigenvalue weighted by atomic mass is 79.9. The van der Waals surface area contributed by atoms with Gasteiger partial charge in [0.15, 0.2) is 0 Å². The lowest BCUT2D eigenvalue weighted by Crippen LogP contribution is -2.46. The highest BCUT2D eigenvalue weighted by Gasteiger charge is 2.30. The van der Waals surface area contributed by atoms with Gasteiger partial charge in [0, 0.05) is 27.5 Å². The van der Waals surface area contributed by atoms with Gasteiger partial charge < -0.3 is 15.2 Å². The van der Waals surface area contributed by atoms with Crippen LogP contribution < -0.4 is 5.32 Å². The standard InChI is InChI=1S/C29H36BrN3O/c1-3-24-26-18-21(30)8-13-27(26)32-28(24)29(34)31-22-9-11-23(12-10-22)33-16-14-20(15-17-33)25-7-5-4-6-19(25)2/h4-8,13,18,20,22-23,32H,3,9-12,14-17H2,1-2H3,(H,31,34). The number of carbonyl (C=O) groups excluding carboxylic acids is 1. The Balaban J connectivity index is 1.15. The summed E-state index contributed by atoms with van der Waals surface area (Å²) in [6.45, 7) is 6.76. The summed E-state index contributed by atoms with van der Waals surface area (Å²) in [4.78, 5) is 19.3. The molecule has 0 unspecified atom stereocenters. The van der Waals surface area contributed by atoms with Crippen molar-refractivity contribution < 1.29 is 4.79 Å². The van der Waals surface area contributed by atoms with Gasteiger partial charge in [-0.05, 0) is 106 Å². The Hall–Kier alpha value is -2.11. The number of rotatable bonds is 5. The molecule has 1 saturated carbocycles. The van der Waals surface area contributed by atoms with Crippen LogP contribution in [0.1, 0.15) is 78.5 Å². The first-order valence-corrected chi connectivity index (χ1v) is 13.7. The number of amides is 1. The number of aromatic amines is 1. The van der Waals surface area contributed by atoms with E-state index < -0.39 is 0 Å². The van der Waals surface area contributed by atoms with Crippen LogP contribution in [-0.4, -0.2) is 41.0 Å². The van der Waals surface area contributed by atoms with E-state index in [9.17, 15) is 4.79 Å². The second-order valence-electron chi connectivity index (χ2n) is 10.2. The number of fused-ring (bicyclic) bond motifs is 1. The highest BCUT2D eigenvalue weighted by Crippen LogP contribution is 2.33. The highest BCUT2D eigenvalue weighted by molar-refractivity contribution is 9.10. The largest absolute Gasteiger partial charge is 0.350 e. The molecule has 5 heteroatoms. The van der Waals surface area contributed by atoms with Crippen molar-refractivity contribution in [2.75, 3.05) is 13.1 Å². The van der Waals surface area contributed by atoms with Gasteiger partial charge >= 0.3 is 0 Å². The maximum atomic E-state index is 13.2. The zero-order valence-electron chi connectivity index (χ0n) is 20.4. The predicted molar refractivity (Wildman–Crippen MR) is 144 cm³/mol. The third kappa shape index (κ3) is 4.83. The summed E-state index contributed by atoms with van der Waals surface area (Å²) < 4.78 is 1.04. The minimum absolute atomic E-state index is 0.0478. The van der Waals surface area contributed by atoms with E-state index in [0.717, 1.165) is 45.9 Å². The number of aryl methyl sites for hydroxylation is 2. The van der Waals surface area contributed by atoms with Crippen LogP contribution in [0.25, 0.3) is 10.9 Å². The monoisotopic (exact) mass is 521 g/mol. The number of likely N-dealkylation sites (tertiary alicyclic amines) is 1. The summed E-state index contributed by atoms with van der Waals surface area (Å²) in [5.74, 6) is 0.754. The molecule has 4 nitrogen and oxygen atoms in total. The Bertz CT molecular complexity index is 1150. The first-order valence-electron chi connectivity index (χ1n) is 12.9. The van der Waals surface area contributed by atoms with Crippen molar-refractivity contribution in [3.8, 4) is 0 Å². The van der Waals surface area contributed by atoms with Gasteiger partial charge in [-0.2, -0.15) is 0 Å². The zero-order chi connectivity index (χ0) is 23.7. The number of hydrogen-bond donors (Lipinski definition) is 2. The van der Waals surface area contributed by atoms with Crippen molar-refractivity contribution in [3.05, 3.63) is 69.3 Å². The van der Waals surface area contributed by atoms with Crippen molar-refractivity contribution >= 4 is 32.7 Å².